The molecule has 2 aliphatic rings. The third-order valence-corrected chi connectivity index (χ3v) is 5.63. The maximum Gasteiger partial charge on any atom is 0.270 e. The Morgan fingerprint density at radius 1 is 1.12 bits per heavy atom. The summed E-state index contributed by atoms with van der Waals surface area (Å²) in [6.45, 7) is 3.63. The molecule has 0 spiro atoms. The summed E-state index contributed by atoms with van der Waals surface area (Å²) in [7, 11) is 0. The summed E-state index contributed by atoms with van der Waals surface area (Å²) in [5.74, 6) is 0.00132. The highest BCUT2D eigenvalue weighted by Crippen LogP contribution is 2.32. The Morgan fingerprint density at radius 3 is 2.70 bits per heavy atom. The first-order chi connectivity index (χ1) is 16.0. The van der Waals surface area contributed by atoms with Gasteiger partial charge in [0.25, 0.3) is 5.69 Å². The summed E-state index contributed by atoms with van der Waals surface area (Å²) >= 11 is 0. The van der Waals surface area contributed by atoms with Crippen LogP contribution in [0.1, 0.15) is 18.4 Å². The molecular formula is C23H26FN5O4. The van der Waals surface area contributed by atoms with E-state index in [9.17, 15) is 14.5 Å². The minimum atomic E-state index is -0.677. The second kappa shape index (κ2) is 10.3. The topological polar surface area (TPSA) is 104 Å². The number of non-ortho nitro benzene ring substituents is 1. The van der Waals surface area contributed by atoms with Gasteiger partial charge >= 0.3 is 0 Å². The average Bonchev–Trinajstić information content (AvgIpc) is 3.34. The number of nitrogens with one attached hydrogen (secondary N) is 2. The summed E-state index contributed by atoms with van der Waals surface area (Å²) in [4.78, 5) is 14.6. The van der Waals surface area contributed by atoms with Crippen LogP contribution in [0.5, 0.6) is 11.5 Å². The van der Waals surface area contributed by atoms with Gasteiger partial charge < -0.3 is 19.7 Å². The highest BCUT2D eigenvalue weighted by atomic mass is 19.1. The van der Waals surface area contributed by atoms with Crippen LogP contribution in [0.2, 0.25) is 0 Å². The van der Waals surface area contributed by atoms with Crippen molar-refractivity contribution < 1.29 is 18.8 Å². The molecule has 0 amide bonds. The molecule has 2 aliphatic heterocycles. The molecule has 0 radical (unpaired) electrons. The van der Waals surface area contributed by atoms with Gasteiger partial charge in [-0.3, -0.25) is 20.4 Å². The van der Waals surface area contributed by atoms with Crippen LogP contribution in [0.15, 0.2) is 54.5 Å². The van der Waals surface area contributed by atoms with E-state index in [-0.39, 0.29) is 24.8 Å². The summed E-state index contributed by atoms with van der Waals surface area (Å²) in [5, 5.41) is 22.1. The van der Waals surface area contributed by atoms with Crippen molar-refractivity contribution in [3.8, 4) is 11.5 Å². The number of benzene rings is 2. The van der Waals surface area contributed by atoms with Crippen molar-refractivity contribution in [2.75, 3.05) is 37.8 Å². The smallest absolute Gasteiger partial charge is 0.270 e. The molecule has 1 fully saturated rings. The Bertz CT molecular complexity index is 1050. The Balaban J connectivity index is 1.50. The molecule has 0 saturated carbocycles. The molecule has 174 valence electrons. The molecule has 0 atom stereocenters. The number of rotatable bonds is 9. The zero-order chi connectivity index (χ0) is 23.2. The lowest BCUT2D eigenvalue weighted by Crippen LogP contribution is -2.41. The second-order valence-corrected chi connectivity index (χ2v) is 7.83. The van der Waals surface area contributed by atoms with Crippen molar-refractivity contribution in [1.29, 1.82) is 5.41 Å². The Labute approximate surface area is 191 Å². The molecule has 0 bridgehead atoms. The summed E-state index contributed by atoms with van der Waals surface area (Å²) < 4.78 is 25.8. The van der Waals surface area contributed by atoms with E-state index in [0.29, 0.717) is 29.4 Å². The number of anilines is 1. The van der Waals surface area contributed by atoms with E-state index in [1.54, 1.807) is 30.3 Å². The predicted molar refractivity (Wildman–Crippen MR) is 122 cm³/mol. The van der Waals surface area contributed by atoms with Crippen molar-refractivity contribution >= 4 is 17.2 Å². The highest BCUT2D eigenvalue weighted by Gasteiger charge is 2.23. The van der Waals surface area contributed by atoms with Gasteiger partial charge in [-0.05, 0) is 44.1 Å². The van der Waals surface area contributed by atoms with Crippen molar-refractivity contribution in [2.45, 2.75) is 19.4 Å². The van der Waals surface area contributed by atoms with Crippen LogP contribution in [0.4, 0.5) is 15.8 Å². The van der Waals surface area contributed by atoms with E-state index in [2.05, 4.69) is 10.2 Å². The zero-order valence-corrected chi connectivity index (χ0v) is 18.1. The number of nitro benzene ring substituents is 1. The number of nitrogens with zero attached hydrogens (tertiary/aromatic N) is 3. The fourth-order valence-electron chi connectivity index (χ4n) is 3.89. The lowest BCUT2D eigenvalue weighted by molar-refractivity contribution is -0.385. The van der Waals surface area contributed by atoms with Crippen LogP contribution in [-0.2, 0) is 6.61 Å². The maximum atomic E-state index is 13.9. The van der Waals surface area contributed by atoms with Crippen LogP contribution in [-0.4, -0.2) is 48.6 Å². The second-order valence-electron chi connectivity index (χ2n) is 7.83. The van der Waals surface area contributed by atoms with E-state index in [1.165, 1.54) is 29.9 Å². The highest BCUT2D eigenvalue weighted by molar-refractivity contribution is 6.07. The summed E-state index contributed by atoms with van der Waals surface area (Å²) in [6.07, 6.45) is 3.54. The number of amidine groups is 1. The van der Waals surface area contributed by atoms with E-state index >= 15 is 0 Å². The molecule has 0 unspecified atom stereocenters. The van der Waals surface area contributed by atoms with Gasteiger partial charge in [0, 0.05) is 30.4 Å². The number of hydrogen-bond donors (Lipinski definition) is 2. The first kappa shape index (κ1) is 22.5. The standard InChI is InChI=1S/C23H26FN5O4/c24-19-14-26-16-28(23(19)25)20-5-1-2-6-22(20)33-15-17-13-18(29(30)31)7-8-21(17)32-12-11-27-9-3-4-10-27/h1-2,5-8,13-14,25-26H,3-4,9-12,15-16H2. The Hall–Kier alpha value is -3.66. The molecule has 2 aromatic rings. The number of halogens is 1. The van der Waals surface area contributed by atoms with Crippen molar-refractivity contribution in [1.82, 2.24) is 10.2 Å². The normalized spacial score (nSPS) is 16.3. The maximum absolute atomic E-state index is 13.9. The molecule has 2 N–H and O–H groups in total. The first-order valence-electron chi connectivity index (χ1n) is 10.8. The number of nitro groups is 1. The lowest BCUT2D eigenvalue weighted by atomic mass is 10.2. The molecule has 0 aliphatic carbocycles. The van der Waals surface area contributed by atoms with Gasteiger partial charge in [0.1, 0.15) is 24.7 Å². The predicted octanol–water partition coefficient (Wildman–Crippen LogP) is 3.80. The SMILES string of the molecule is N=C1C(F)=CNCN1c1ccccc1OCc1cc([N+](=O)[O-])ccc1OCCN1CCCC1. The number of para-hydroxylation sites is 2. The molecule has 9 nitrogen and oxygen atoms in total. The quantitative estimate of drug-likeness (QED) is 0.438. The number of likely N-dealkylation sites (tertiary alicyclic amines) is 1. The van der Waals surface area contributed by atoms with Crippen LogP contribution < -0.4 is 19.7 Å². The Kier molecular flexibility index (Phi) is 7.04. The minimum absolute atomic E-state index is 0.0185. The zero-order valence-electron chi connectivity index (χ0n) is 18.1. The number of hydrogen-bond acceptors (Lipinski definition) is 7. The Morgan fingerprint density at radius 2 is 1.91 bits per heavy atom. The summed E-state index contributed by atoms with van der Waals surface area (Å²) in [6, 6.07) is 11.4. The fraction of sp³-hybridized carbons (Fsp3) is 0.348. The van der Waals surface area contributed by atoms with E-state index in [1.807, 2.05) is 0 Å². The van der Waals surface area contributed by atoms with Gasteiger partial charge in [0.2, 0.25) is 0 Å². The largest absolute Gasteiger partial charge is 0.492 e. The van der Waals surface area contributed by atoms with Gasteiger partial charge in [-0.1, -0.05) is 12.1 Å². The molecule has 33 heavy (non-hydrogen) atoms. The molecular weight excluding hydrogens is 429 g/mol. The first-order valence-corrected chi connectivity index (χ1v) is 10.8. The monoisotopic (exact) mass is 455 g/mol. The molecule has 1 saturated heterocycles. The fourth-order valence-corrected chi connectivity index (χ4v) is 3.89. The van der Waals surface area contributed by atoms with Crippen molar-refractivity contribution in [3.05, 3.63) is 70.2 Å². The van der Waals surface area contributed by atoms with Gasteiger partial charge in [0.15, 0.2) is 11.7 Å². The van der Waals surface area contributed by atoms with Crippen LogP contribution in [0.25, 0.3) is 0 Å². The summed E-state index contributed by atoms with van der Waals surface area (Å²) in [5.41, 5.74) is 1.00. The van der Waals surface area contributed by atoms with Crippen LogP contribution in [0.3, 0.4) is 0 Å². The van der Waals surface area contributed by atoms with Gasteiger partial charge in [0.05, 0.1) is 17.3 Å². The van der Waals surface area contributed by atoms with Crippen molar-refractivity contribution in [3.63, 3.8) is 0 Å². The molecule has 2 heterocycles. The van der Waals surface area contributed by atoms with Crippen LogP contribution in [0, 0.1) is 15.5 Å². The van der Waals surface area contributed by atoms with Gasteiger partial charge in [-0.25, -0.2) is 4.39 Å². The molecule has 4 rings (SSSR count). The van der Waals surface area contributed by atoms with E-state index in [4.69, 9.17) is 14.9 Å². The number of ether oxygens (including phenoxy) is 2. The third kappa shape index (κ3) is 5.40. The van der Waals surface area contributed by atoms with E-state index in [0.717, 1.165) is 25.8 Å². The average molecular weight is 455 g/mol. The van der Waals surface area contributed by atoms with Crippen LogP contribution >= 0.6 is 0 Å². The van der Waals surface area contributed by atoms with Gasteiger partial charge in [-0.15, -0.1) is 0 Å². The van der Waals surface area contributed by atoms with E-state index < -0.39 is 10.8 Å². The third-order valence-electron chi connectivity index (χ3n) is 5.63. The molecule has 0 aromatic heterocycles. The lowest BCUT2D eigenvalue weighted by Gasteiger charge is -2.29. The molecule has 10 heteroatoms. The minimum Gasteiger partial charge on any atom is -0.492 e. The van der Waals surface area contributed by atoms with Gasteiger partial charge in [-0.2, -0.15) is 0 Å². The van der Waals surface area contributed by atoms with Crippen molar-refractivity contribution in [2.24, 2.45) is 0 Å². The molecule has 2 aromatic carbocycles.